The molecular weight excluding hydrogens is 436 g/mol. The third kappa shape index (κ3) is 3.25. The lowest BCUT2D eigenvalue weighted by Crippen LogP contribution is -1.85. The molecule has 36 heavy (non-hydrogen) atoms. The van der Waals surface area contributed by atoms with Crippen LogP contribution in [0.3, 0.4) is 0 Å². The molecule has 0 amide bonds. The predicted octanol–water partition coefficient (Wildman–Crippen LogP) is 9.50. The standard InChI is InChI=1S/C35H24O/c1-36-28-17-18-30-33-20-19-29(31-11-6-12-32(35(31)33)34(30)22-28)27-10-5-9-26(21-27)25-15-13-24(14-16-25)23-7-3-2-4-8-23/h2-22H,1H3. The summed E-state index contributed by atoms with van der Waals surface area (Å²) in [4.78, 5) is 0. The van der Waals surface area contributed by atoms with Crippen LogP contribution in [0.25, 0.3) is 66.4 Å². The van der Waals surface area contributed by atoms with E-state index in [1.54, 1.807) is 7.11 Å². The summed E-state index contributed by atoms with van der Waals surface area (Å²) in [6.07, 6.45) is 0. The molecule has 1 aliphatic rings. The molecule has 6 aromatic rings. The topological polar surface area (TPSA) is 9.23 Å². The van der Waals surface area contributed by atoms with Crippen molar-refractivity contribution in [3.05, 3.63) is 127 Å². The monoisotopic (exact) mass is 460 g/mol. The maximum absolute atomic E-state index is 5.51. The Labute approximate surface area is 211 Å². The first-order chi connectivity index (χ1) is 17.8. The minimum Gasteiger partial charge on any atom is -0.497 e. The van der Waals surface area contributed by atoms with Crippen molar-refractivity contribution >= 4 is 10.8 Å². The van der Waals surface area contributed by atoms with Gasteiger partial charge in [0.1, 0.15) is 5.75 Å². The largest absolute Gasteiger partial charge is 0.497 e. The van der Waals surface area contributed by atoms with E-state index in [0.717, 1.165) is 5.75 Å². The summed E-state index contributed by atoms with van der Waals surface area (Å²) in [7, 11) is 1.73. The normalized spacial score (nSPS) is 11.5. The minimum atomic E-state index is 0.893. The van der Waals surface area contributed by atoms with Gasteiger partial charge in [-0.3, -0.25) is 0 Å². The lowest BCUT2D eigenvalue weighted by molar-refractivity contribution is 0.415. The highest BCUT2D eigenvalue weighted by Gasteiger charge is 2.23. The molecule has 0 aromatic heterocycles. The molecule has 1 aliphatic carbocycles. The fraction of sp³-hybridized carbons (Fsp3) is 0.0286. The van der Waals surface area contributed by atoms with E-state index < -0.39 is 0 Å². The highest BCUT2D eigenvalue weighted by atomic mass is 16.5. The van der Waals surface area contributed by atoms with Gasteiger partial charge in [-0.15, -0.1) is 0 Å². The van der Waals surface area contributed by atoms with Crippen molar-refractivity contribution in [2.75, 3.05) is 7.11 Å². The number of hydrogen-bond donors (Lipinski definition) is 0. The summed E-state index contributed by atoms with van der Waals surface area (Å²) in [5.41, 5.74) is 12.5. The molecule has 0 heterocycles. The Morgan fingerprint density at radius 1 is 0.389 bits per heavy atom. The van der Waals surface area contributed by atoms with Gasteiger partial charge in [0.25, 0.3) is 0 Å². The van der Waals surface area contributed by atoms with Crippen molar-refractivity contribution in [2.24, 2.45) is 0 Å². The first kappa shape index (κ1) is 20.7. The second kappa shape index (κ2) is 8.25. The fourth-order valence-electron chi connectivity index (χ4n) is 5.57. The number of fused-ring (bicyclic) bond motifs is 3. The van der Waals surface area contributed by atoms with Gasteiger partial charge in [0.05, 0.1) is 7.11 Å². The van der Waals surface area contributed by atoms with E-state index in [1.807, 2.05) is 0 Å². The van der Waals surface area contributed by atoms with Crippen LogP contribution in [0.4, 0.5) is 0 Å². The molecule has 0 radical (unpaired) electrons. The van der Waals surface area contributed by atoms with Crippen LogP contribution in [-0.2, 0) is 0 Å². The molecule has 0 N–H and O–H groups in total. The molecular formula is C35H24O. The zero-order valence-electron chi connectivity index (χ0n) is 20.0. The van der Waals surface area contributed by atoms with E-state index in [2.05, 4.69) is 127 Å². The maximum atomic E-state index is 5.51. The number of ether oxygens (including phenoxy) is 1. The van der Waals surface area contributed by atoms with Crippen molar-refractivity contribution in [3.8, 4) is 61.4 Å². The molecule has 0 unspecified atom stereocenters. The van der Waals surface area contributed by atoms with Gasteiger partial charge in [-0.05, 0) is 84.6 Å². The van der Waals surface area contributed by atoms with Crippen LogP contribution < -0.4 is 4.74 Å². The molecule has 0 atom stereocenters. The average Bonchev–Trinajstić information content (AvgIpc) is 3.28. The van der Waals surface area contributed by atoms with Crippen LogP contribution in [0, 0.1) is 0 Å². The summed E-state index contributed by atoms with van der Waals surface area (Å²) in [6, 6.07) is 45.9. The Kier molecular flexibility index (Phi) is 4.75. The van der Waals surface area contributed by atoms with Gasteiger partial charge in [0.2, 0.25) is 0 Å². The average molecular weight is 461 g/mol. The minimum absolute atomic E-state index is 0.893. The Morgan fingerprint density at radius 2 is 1.00 bits per heavy atom. The number of rotatable bonds is 4. The quantitative estimate of drug-likeness (QED) is 0.254. The second-order valence-electron chi connectivity index (χ2n) is 9.32. The third-order valence-electron chi connectivity index (χ3n) is 7.35. The van der Waals surface area contributed by atoms with Gasteiger partial charge in [-0.25, -0.2) is 0 Å². The van der Waals surface area contributed by atoms with E-state index in [9.17, 15) is 0 Å². The van der Waals surface area contributed by atoms with Crippen molar-refractivity contribution in [2.45, 2.75) is 0 Å². The van der Waals surface area contributed by atoms with Gasteiger partial charge in [0.15, 0.2) is 0 Å². The number of benzene rings is 6. The predicted molar refractivity (Wildman–Crippen MR) is 151 cm³/mol. The third-order valence-corrected chi connectivity index (χ3v) is 7.35. The second-order valence-corrected chi connectivity index (χ2v) is 9.32. The van der Waals surface area contributed by atoms with E-state index in [4.69, 9.17) is 4.74 Å². The van der Waals surface area contributed by atoms with Crippen LogP contribution in [0.1, 0.15) is 0 Å². The molecule has 7 rings (SSSR count). The molecule has 1 heteroatoms. The van der Waals surface area contributed by atoms with Gasteiger partial charge >= 0.3 is 0 Å². The van der Waals surface area contributed by atoms with Crippen LogP contribution in [0.5, 0.6) is 5.75 Å². The summed E-state index contributed by atoms with van der Waals surface area (Å²) < 4.78 is 5.51. The lowest BCUT2D eigenvalue weighted by Gasteiger charge is -2.11. The fourth-order valence-corrected chi connectivity index (χ4v) is 5.57. The molecule has 0 spiro atoms. The molecule has 6 aromatic carbocycles. The Balaban J connectivity index is 1.32. The van der Waals surface area contributed by atoms with Crippen molar-refractivity contribution < 1.29 is 4.74 Å². The summed E-state index contributed by atoms with van der Waals surface area (Å²) in [5.74, 6) is 0.893. The van der Waals surface area contributed by atoms with Crippen LogP contribution in [0.15, 0.2) is 127 Å². The number of methoxy groups -OCH3 is 1. The van der Waals surface area contributed by atoms with E-state index in [-0.39, 0.29) is 0 Å². The van der Waals surface area contributed by atoms with E-state index >= 15 is 0 Å². The summed E-state index contributed by atoms with van der Waals surface area (Å²) >= 11 is 0. The summed E-state index contributed by atoms with van der Waals surface area (Å²) in [6.45, 7) is 0. The first-order valence-corrected chi connectivity index (χ1v) is 12.3. The molecule has 170 valence electrons. The molecule has 0 saturated heterocycles. The van der Waals surface area contributed by atoms with Gasteiger partial charge < -0.3 is 4.74 Å². The molecule has 0 aliphatic heterocycles. The van der Waals surface area contributed by atoms with Crippen molar-refractivity contribution in [1.29, 1.82) is 0 Å². The lowest BCUT2D eigenvalue weighted by atomic mass is 9.92. The molecule has 0 bridgehead atoms. The maximum Gasteiger partial charge on any atom is 0.119 e. The zero-order chi connectivity index (χ0) is 24.1. The Bertz CT molecular complexity index is 1740. The highest BCUT2D eigenvalue weighted by molar-refractivity contribution is 6.18. The van der Waals surface area contributed by atoms with Crippen LogP contribution in [0.2, 0.25) is 0 Å². The highest BCUT2D eigenvalue weighted by Crippen LogP contribution is 2.50. The SMILES string of the molecule is COc1ccc2c(c1)-c1cccc3c(-c4cccc(-c5ccc(-c6ccccc6)cc5)c4)ccc-2c13. The molecule has 1 nitrogen and oxygen atoms in total. The first-order valence-electron chi connectivity index (χ1n) is 12.3. The van der Waals surface area contributed by atoms with Crippen LogP contribution >= 0.6 is 0 Å². The number of hydrogen-bond acceptors (Lipinski definition) is 1. The zero-order valence-corrected chi connectivity index (χ0v) is 20.0. The van der Waals surface area contributed by atoms with Crippen LogP contribution in [-0.4, -0.2) is 7.11 Å². The van der Waals surface area contributed by atoms with Gasteiger partial charge in [-0.1, -0.05) is 109 Å². The van der Waals surface area contributed by atoms with E-state index in [1.165, 1.54) is 66.4 Å². The van der Waals surface area contributed by atoms with Gasteiger partial charge in [0, 0.05) is 0 Å². The van der Waals surface area contributed by atoms with Gasteiger partial charge in [-0.2, -0.15) is 0 Å². The Hall–Kier alpha value is -4.62. The van der Waals surface area contributed by atoms with E-state index in [0.29, 0.717) is 0 Å². The smallest absolute Gasteiger partial charge is 0.119 e. The van der Waals surface area contributed by atoms with Crippen molar-refractivity contribution in [3.63, 3.8) is 0 Å². The van der Waals surface area contributed by atoms with Crippen molar-refractivity contribution in [1.82, 2.24) is 0 Å². The molecule has 0 saturated carbocycles. The molecule has 0 fully saturated rings. The Morgan fingerprint density at radius 3 is 1.81 bits per heavy atom. The summed E-state index contributed by atoms with van der Waals surface area (Å²) in [5, 5.41) is 2.62.